The summed E-state index contributed by atoms with van der Waals surface area (Å²) in [6.45, 7) is 0. The highest BCUT2D eigenvalue weighted by Crippen LogP contribution is 2.30. The number of alkyl halides is 1. The third kappa shape index (κ3) is 3.21. The van der Waals surface area contributed by atoms with Gasteiger partial charge in [0.15, 0.2) is 0 Å². The molecule has 2 aromatic rings. The van der Waals surface area contributed by atoms with E-state index in [2.05, 4.69) is 0 Å². The van der Waals surface area contributed by atoms with Gasteiger partial charge in [0.05, 0.1) is 5.38 Å². The molecule has 0 amide bonds. The van der Waals surface area contributed by atoms with Crippen molar-refractivity contribution in [2.75, 3.05) is 0 Å². The Bertz CT molecular complexity index is 494. The Morgan fingerprint density at radius 3 is 2.29 bits per heavy atom. The van der Waals surface area contributed by atoms with Crippen LogP contribution in [0.5, 0.6) is 0 Å². The van der Waals surface area contributed by atoms with Gasteiger partial charge in [-0.15, -0.1) is 11.6 Å². The topological polar surface area (TPSA) is 0 Å². The molecule has 0 aliphatic carbocycles. The molecule has 2 rings (SSSR count). The average Bonchev–Trinajstić information content (AvgIpc) is 2.32. The SMILES string of the molecule is Fc1ccc(CC(Cl)c2ccccc2Cl)cc1. The Kier molecular flexibility index (Phi) is 4.03. The second-order valence-electron chi connectivity index (χ2n) is 3.82. The molecule has 0 saturated carbocycles. The smallest absolute Gasteiger partial charge is 0.123 e. The van der Waals surface area contributed by atoms with Crippen molar-refractivity contribution in [1.29, 1.82) is 0 Å². The highest BCUT2D eigenvalue weighted by molar-refractivity contribution is 6.32. The molecule has 0 fully saturated rings. The molecular weight excluding hydrogens is 258 g/mol. The molecular formula is C14H11Cl2F. The van der Waals surface area contributed by atoms with Crippen molar-refractivity contribution in [3.63, 3.8) is 0 Å². The quantitative estimate of drug-likeness (QED) is 0.688. The third-order valence-electron chi connectivity index (χ3n) is 2.57. The van der Waals surface area contributed by atoms with Gasteiger partial charge in [-0.3, -0.25) is 0 Å². The highest BCUT2D eigenvalue weighted by atomic mass is 35.5. The third-order valence-corrected chi connectivity index (χ3v) is 3.30. The lowest BCUT2D eigenvalue weighted by Gasteiger charge is -2.11. The predicted molar refractivity (Wildman–Crippen MR) is 70.2 cm³/mol. The van der Waals surface area contributed by atoms with Crippen LogP contribution in [0.3, 0.4) is 0 Å². The molecule has 0 heterocycles. The van der Waals surface area contributed by atoms with E-state index in [-0.39, 0.29) is 11.2 Å². The van der Waals surface area contributed by atoms with Gasteiger partial charge < -0.3 is 0 Å². The Balaban J connectivity index is 2.14. The van der Waals surface area contributed by atoms with Crippen LogP contribution in [0.25, 0.3) is 0 Å². The minimum absolute atomic E-state index is 0.200. The van der Waals surface area contributed by atoms with E-state index in [1.54, 1.807) is 12.1 Å². The van der Waals surface area contributed by atoms with Crippen LogP contribution in [0.4, 0.5) is 4.39 Å². The fourth-order valence-corrected chi connectivity index (χ4v) is 2.36. The van der Waals surface area contributed by atoms with Gasteiger partial charge in [-0.2, -0.15) is 0 Å². The van der Waals surface area contributed by atoms with Crippen molar-refractivity contribution >= 4 is 23.2 Å². The molecule has 0 radical (unpaired) electrons. The lowest BCUT2D eigenvalue weighted by molar-refractivity contribution is 0.627. The summed E-state index contributed by atoms with van der Waals surface area (Å²) in [5.74, 6) is -0.238. The summed E-state index contributed by atoms with van der Waals surface area (Å²) < 4.78 is 12.8. The van der Waals surface area contributed by atoms with Crippen molar-refractivity contribution in [2.24, 2.45) is 0 Å². The zero-order valence-corrected chi connectivity index (χ0v) is 10.5. The number of hydrogen-bond acceptors (Lipinski definition) is 0. The molecule has 0 N–H and O–H groups in total. The zero-order chi connectivity index (χ0) is 12.3. The predicted octanol–water partition coefficient (Wildman–Crippen LogP) is 5.00. The molecule has 3 heteroatoms. The summed E-state index contributed by atoms with van der Waals surface area (Å²) in [5.41, 5.74) is 1.89. The van der Waals surface area contributed by atoms with Crippen LogP contribution in [-0.4, -0.2) is 0 Å². The maximum absolute atomic E-state index is 12.8. The first-order chi connectivity index (χ1) is 8.16. The molecule has 88 valence electrons. The van der Waals surface area contributed by atoms with Crippen LogP contribution in [0.15, 0.2) is 48.5 Å². The van der Waals surface area contributed by atoms with E-state index in [9.17, 15) is 4.39 Å². The first-order valence-electron chi connectivity index (χ1n) is 5.30. The molecule has 0 aliphatic rings. The molecule has 0 bridgehead atoms. The monoisotopic (exact) mass is 268 g/mol. The minimum Gasteiger partial charge on any atom is -0.207 e. The van der Waals surface area contributed by atoms with Gasteiger partial charge in [0.25, 0.3) is 0 Å². The van der Waals surface area contributed by atoms with Crippen molar-refractivity contribution in [3.05, 3.63) is 70.5 Å². The molecule has 0 aliphatic heterocycles. The van der Waals surface area contributed by atoms with Gasteiger partial charge in [-0.1, -0.05) is 41.9 Å². The maximum atomic E-state index is 12.8. The standard InChI is InChI=1S/C14H11Cl2F/c15-13-4-2-1-3-12(13)14(16)9-10-5-7-11(17)8-6-10/h1-8,14H,9H2. The zero-order valence-electron chi connectivity index (χ0n) is 9.04. The summed E-state index contributed by atoms with van der Waals surface area (Å²) in [7, 11) is 0. The summed E-state index contributed by atoms with van der Waals surface area (Å²) in [6, 6.07) is 13.8. The van der Waals surface area contributed by atoms with Crippen LogP contribution in [0.1, 0.15) is 16.5 Å². The van der Waals surface area contributed by atoms with Gasteiger partial charge in [0.1, 0.15) is 5.82 Å². The van der Waals surface area contributed by atoms with Crippen LogP contribution in [0, 0.1) is 5.82 Å². The van der Waals surface area contributed by atoms with Gasteiger partial charge in [-0.05, 0) is 35.7 Å². The van der Waals surface area contributed by atoms with E-state index in [1.807, 2.05) is 24.3 Å². The Morgan fingerprint density at radius 1 is 1.00 bits per heavy atom. The molecule has 1 unspecified atom stereocenters. The number of rotatable bonds is 3. The van der Waals surface area contributed by atoms with Crippen LogP contribution < -0.4 is 0 Å². The number of halogens is 3. The first kappa shape index (κ1) is 12.4. The van der Waals surface area contributed by atoms with E-state index in [0.717, 1.165) is 11.1 Å². The largest absolute Gasteiger partial charge is 0.207 e. The summed E-state index contributed by atoms with van der Waals surface area (Å²) in [4.78, 5) is 0. The molecule has 0 spiro atoms. The van der Waals surface area contributed by atoms with E-state index >= 15 is 0 Å². The van der Waals surface area contributed by atoms with E-state index in [0.29, 0.717) is 11.4 Å². The summed E-state index contributed by atoms with van der Waals surface area (Å²) in [5, 5.41) is 0.462. The number of benzene rings is 2. The van der Waals surface area contributed by atoms with Gasteiger partial charge >= 0.3 is 0 Å². The van der Waals surface area contributed by atoms with Crippen molar-refractivity contribution in [1.82, 2.24) is 0 Å². The molecule has 1 atom stereocenters. The molecule has 0 nitrogen and oxygen atoms in total. The average molecular weight is 269 g/mol. The Morgan fingerprint density at radius 2 is 1.65 bits per heavy atom. The van der Waals surface area contributed by atoms with Crippen molar-refractivity contribution in [3.8, 4) is 0 Å². The molecule has 2 aromatic carbocycles. The van der Waals surface area contributed by atoms with E-state index < -0.39 is 0 Å². The Labute approximate surface area is 110 Å². The fourth-order valence-electron chi connectivity index (χ4n) is 1.67. The second kappa shape index (κ2) is 5.52. The summed E-state index contributed by atoms with van der Waals surface area (Å²) >= 11 is 12.4. The van der Waals surface area contributed by atoms with Crippen LogP contribution in [-0.2, 0) is 6.42 Å². The van der Waals surface area contributed by atoms with E-state index in [4.69, 9.17) is 23.2 Å². The number of hydrogen-bond donors (Lipinski definition) is 0. The lowest BCUT2D eigenvalue weighted by Crippen LogP contribution is -1.96. The van der Waals surface area contributed by atoms with Crippen molar-refractivity contribution in [2.45, 2.75) is 11.8 Å². The minimum atomic E-state index is -0.238. The van der Waals surface area contributed by atoms with Crippen molar-refractivity contribution < 1.29 is 4.39 Å². The lowest BCUT2D eigenvalue weighted by atomic mass is 10.0. The van der Waals surface area contributed by atoms with Gasteiger partial charge in [0, 0.05) is 5.02 Å². The van der Waals surface area contributed by atoms with Gasteiger partial charge in [0.2, 0.25) is 0 Å². The highest BCUT2D eigenvalue weighted by Gasteiger charge is 2.11. The molecule has 0 saturated heterocycles. The first-order valence-corrected chi connectivity index (χ1v) is 6.11. The molecule has 17 heavy (non-hydrogen) atoms. The second-order valence-corrected chi connectivity index (χ2v) is 4.75. The molecule has 0 aromatic heterocycles. The van der Waals surface area contributed by atoms with E-state index in [1.165, 1.54) is 12.1 Å². The van der Waals surface area contributed by atoms with Crippen LogP contribution in [0.2, 0.25) is 5.02 Å². The van der Waals surface area contributed by atoms with Crippen LogP contribution >= 0.6 is 23.2 Å². The Hall–Kier alpha value is -1.05. The summed E-state index contributed by atoms with van der Waals surface area (Å²) in [6.07, 6.45) is 0.631. The fraction of sp³-hybridized carbons (Fsp3) is 0.143. The maximum Gasteiger partial charge on any atom is 0.123 e. The normalized spacial score (nSPS) is 12.4. The van der Waals surface area contributed by atoms with Gasteiger partial charge in [-0.25, -0.2) is 4.39 Å².